The van der Waals surface area contributed by atoms with Crippen molar-refractivity contribution in [2.24, 2.45) is 11.8 Å². The highest BCUT2D eigenvalue weighted by Gasteiger charge is 2.37. The molecule has 0 spiro atoms. The number of rotatable bonds is 0. The topological polar surface area (TPSA) is 46.5 Å². The van der Waals surface area contributed by atoms with E-state index in [2.05, 4.69) is 6.92 Å². The first kappa shape index (κ1) is 8.60. The van der Waals surface area contributed by atoms with Crippen LogP contribution in [0.5, 0.6) is 0 Å². The molecule has 1 saturated heterocycles. The van der Waals surface area contributed by atoms with E-state index in [-0.39, 0.29) is 12.1 Å². The molecule has 0 aromatic rings. The Balaban J connectivity index is 2.18. The molecular weight excluding hydrogens is 168 g/mol. The van der Waals surface area contributed by atoms with Crippen LogP contribution >= 0.6 is 0 Å². The molecule has 1 fully saturated rings. The fourth-order valence-corrected chi connectivity index (χ4v) is 2.22. The molecule has 2 rings (SSSR count). The first-order chi connectivity index (χ1) is 6.16. The lowest BCUT2D eigenvalue weighted by atomic mass is 9.78. The summed E-state index contributed by atoms with van der Waals surface area (Å²) in [6.45, 7) is 2.08. The van der Waals surface area contributed by atoms with E-state index >= 15 is 0 Å². The lowest BCUT2D eigenvalue weighted by molar-refractivity contribution is -0.159. The Kier molecular flexibility index (Phi) is 2.02. The minimum atomic E-state index is -0.176. The van der Waals surface area contributed by atoms with Crippen LogP contribution in [0.25, 0.3) is 0 Å². The number of ether oxygens (including phenoxy) is 1. The van der Waals surface area contributed by atoms with Gasteiger partial charge >= 0.3 is 5.97 Å². The third-order valence-corrected chi connectivity index (χ3v) is 3.00. The number of allylic oxidation sites excluding steroid dienone is 1. The van der Waals surface area contributed by atoms with Gasteiger partial charge in [-0.15, -0.1) is 0 Å². The molecule has 0 radical (unpaired) electrons. The second kappa shape index (κ2) is 3.05. The number of fused-ring (bicyclic) bond motifs is 1. The van der Waals surface area contributed by atoms with Crippen molar-refractivity contribution in [3.05, 3.63) is 11.8 Å². The molecule has 1 N–H and O–H groups in total. The summed E-state index contributed by atoms with van der Waals surface area (Å²) in [7, 11) is 0. The average Bonchev–Trinajstić information content (AvgIpc) is 2.02. The van der Waals surface area contributed by atoms with Crippen molar-refractivity contribution in [3.8, 4) is 0 Å². The second-order valence-electron chi connectivity index (χ2n) is 4.00. The predicted octanol–water partition coefficient (Wildman–Crippen LogP) is 1.79. The van der Waals surface area contributed by atoms with Gasteiger partial charge in [-0.2, -0.15) is 0 Å². The minimum Gasteiger partial charge on any atom is -0.513 e. The standard InChI is InChI=1S/C10H14O3/c1-6-4-10(12)13-9-5-7(11)2-3-8(6)9/h5-6,8-9,11H,2-4H2,1H3. The highest BCUT2D eigenvalue weighted by molar-refractivity contribution is 5.71. The normalized spacial score (nSPS) is 39.0. The van der Waals surface area contributed by atoms with Gasteiger partial charge in [-0.1, -0.05) is 6.92 Å². The van der Waals surface area contributed by atoms with E-state index in [4.69, 9.17) is 4.74 Å². The van der Waals surface area contributed by atoms with E-state index in [1.165, 1.54) is 0 Å². The van der Waals surface area contributed by atoms with Gasteiger partial charge in [0.05, 0.1) is 5.76 Å². The lowest BCUT2D eigenvalue weighted by Crippen LogP contribution is -2.38. The number of carbonyl (C=O) groups is 1. The van der Waals surface area contributed by atoms with E-state index in [0.717, 1.165) is 12.8 Å². The zero-order valence-corrected chi connectivity index (χ0v) is 7.69. The van der Waals surface area contributed by atoms with Crippen LogP contribution in [0.3, 0.4) is 0 Å². The fourth-order valence-electron chi connectivity index (χ4n) is 2.22. The molecule has 0 amide bonds. The van der Waals surface area contributed by atoms with Crippen LogP contribution in [0, 0.1) is 11.8 Å². The summed E-state index contributed by atoms with van der Waals surface area (Å²) < 4.78 is 5.16. The van der Waals surface area contributed by atoms with E-state index in [1.54, 1.807) is 6.08 Å². The third kappa shape index (κ3) is 1.55. The Bertz CT molecular complexity index is 257. The van der Waals surface area contributed by atoms with Gasteiger partial charge in [0, 0.05) is 18.8 Å². The summed E-state index contributed by atoms with van der Waals surface area (Å²) in [5, 5.41) is 9.29. The molecule has 13 heavy (non-hydrogen) atoms. The smallest absolute Gasteiger partial charge is 0.306 e. The Morgan fingerprint density at radius 2 is 2.38 bits per heavy atom. The van der Waals surface area contributed by atoms with Crippen molar-refractivity contribution in [2.75, 3.05) is 0 Å². The molecule has 1 heterocycles. The van der Waals surface area contributed by atoms with E-state index < -0.39 is 0 Å². The first-order valence-electron chi connectivity index (χ1n) is 4.76. The Morgan fingerprint density at radius 1 is 1.62 bits per heavy atom. The third-order valence-electron chi connectivity index (χ3n) is 3.00. The maximum atomic E-state index is 11.1. The molecular formula is C10H14O3. The van der Waals surface area contributed by atoms with Crippen LogP contribution in [0.4, 0.5) is 0 Å². The summed E-state index contributed by atoms with van der Waals surface area (Å²) in [6, 6.07) is 0. The van der Waals surface area contributed by atoms with Gasteiger partial charge in [0.1, 0.15) is 6.10 Å². The summed E-state index contributed by atoms with van der Waals surface area (Å²) in [6.07, 6.45) is 3.69. The van der Waals surface area contributed by atoms with Gasteiger partial charge in [0.25, 0.3) is 0 Å². The molecule has 2 aliphatic rings. The highest BCUT2D eigenvalue weighted by atomic mass is 16.5. The van der Waals surface area contributed by atoms with Gasteiger partial charge in [-0.25, -0.2) is 0 Å². The number of aliphatic hydroxyl groups is 1. The van der Waals surface area contributed by atoms with Crippen molar-refractivity contribution in [1.29, 1.82) is 0 Å². The molecule has 0 bridgehead atoms. The second-order valence-corrected chi connectivity index (χ2v) is 4.00. The minimum absolute atomic E-state index is 0.139. The maximum Gasteiger partial charge on any atom is 0.306 e. The summed E-state index contributed by atoms with van der Waals surface area (Å²) in [5.41, 5.74) is 0. The molecule has 0 aromatic heterocycles. The van der Waals surface area contributed by atoms with Gasteiger partial charge in [0.15, 0.2) is 0 Å². The first-order valence-corrected chi connectivity index (χ1v) is 4.76. The average molecular weight is 182 g/mol. The Labute approximate surface area is 77.4 Å². The molecule has 1 aliphatic carbocycles. The van der Waals surface area contributed by atoms with Crippen LogP contribution in [0.2, 0.25) is 0 Å². The van der Waals surface area contributed by atoms with Gasteiger partial charge in [0.2, 0.25) is 0 Å². The molecule has 3 nitrogen and oxygen atoms in total. The lowest BCUT2D eigenvalue weighted by Gasteiger charge is -2.36. The number of carbonyl (C=O) groups excluding carboxylic acids is 1. The summed E-state index contributed by atoms with van der Waals surface area (Å²) in [5.74, 6) is 1.02. The van der Waals surface area contributed by atoms with Crippen LogP contribution in [0.1, 0.15) is 26.2 Å². The fraction of sp³-hybridized carbons (Fsp3) is 0.700. The summed E-state index contributed by atoms with van der Waals surface area (Å²) in [4.78, 5) is 11.1. The van der Waals surface area contributed by atoms with Crippen molar-refractivity contribution in [1.82, 2.24) is 0 Å². The monoisotopic (exact) mass is 182 g/mol. The number of hydrogen-bond acceptors (Lipinski definition) is 3. The largest absolute Gasteiger partial charge is 0.513 e. The molecule has 3 atom stereocenters. The molecule has 3 unspecified atom stereocenters. The van der Waals surface area contributed by atoms with Crippen LogP contribution in [-0.2, 0) is 9.53 Å². The SMILES string of the molecule is CC1CC(=O)OC2C=C(O)CCC12. The van der Waals surface area contributed by atoms with E-state index in [9.17, 15) is 9.90 Å². The molecule has 0 aromatic carbocycles. The Morgan fingerprint density at radius 3 is 3.15 bits per heavy atom. The maximum absolute atomic E-state index is 11.1. The molecule has 1 aliphatic heterocycles. The molecule has 0 saturated carbocycles. The van der Waals surface area contributed by atoms with Gasteiger partial charge in [-0.05, 0) is 18.4 Å². The van der Waals surface area contributed by atoms with Crippen molar-refractivity contribution in [3.63, 3.8) is 0 Å². The predicted molar refractivity (Wildman–Crippen MR) is 47.1 cm³/mol. The molecule has 3 heteroatoms. The zero-order chi connectivity index (χ0) is 9.42. The quantitative estimate of drug-likeness (QED) is 0.581. The number of esters is 1. The molecule has 72 valence electrons. The van der Waals surface area contributed by atoms with Crippen molar-refractivity contribution < 1.29 is 14.6 Å². The van der Waals surface area contributed by atoms with E-state index in [1.807, 2.05) is 0 Å². The van der Waals surface area contributed by atoms with Crippen molar-refractivity contribution >= 4 is 5.97 Å². The van der Waals surface area contributed by atoms with Crippen molar-refractivity contribution in [2.45, 2.75) is 32.3 Å². The van der Waals surface area contributed by atoms with E-state index in [0.29, 0.717) is 24.0 Å². The van der Waals surface area contributed by atoms with Crippen LogP contribution in [-0.4, -0.2) is 17.2 Å². The Hall–Kier alpha value is -0.990. The zero-order valence-electron chi connectivity index (χ0n) is 7.69. The van der Waals surface area contributed by atoms with Crippen LogP contribution < -0.4 is 0 Å². The highest BCUT2D eigenvalue weighted by Crippen LogP contribution is 2.36. The van der Waals surface area contributed by atoms with Gasteiger partial charge < -0.3 is 9.84 Å². The number of aliphatic hydroxyl groups excluding tert-OH is 1. The number of hydrogen-bond donors (Lipinski definition) is 1. The van der Waals surface area contributed by atoms with Crippen LogP contribution in [0.15, 0.2) is 11.8 Å². The van der Waals surface area contributed by atoms with Gasteiger partial charge in [-0.3, -0.25) is 4.79 Å². The summed E-state index contributed by atoms with van der Waals surface area (Å²) >= 11 is 0.